The van der Waals surface area contributed by atoms with Crippen LogP contribution in [0.3, 0.4) is 0 Å². The van der Waals surface area contributed by atoms with Crippen molar-refractivity contribution in [1.29, 1.82) is 0 Å². The molecule has 0 spiro atoms. The van der Waals surface area contributed by atoms with Crippen molar-refractivity contribution in [1.82, 2.24) is 0 Å². The number of hydrogen-bond donors (Lipinski definition) is 0. The Morgan fingerprint density at radius 3 is 2.81 bits per heavy atom. The summed E-state index contributed by atoms with van der Waals surface area (Å²) in [5.41, 5.74) is 3.42. The fourth-order valence-electron chi connectivity index (χ4n) is 5.14. The van der Waals surface area contributed by atoms with Crippen LogP contribution in [0.15, 0.2) is 41.2 Å². The van der Waals surface area contributed by atoms with Gasteiger partial charge < -0.3 is 4.42 Å². The summed E-state index contributed by atoms with van der Waals surface area (Å²) in [4.78, 5) is 0. The highest BCUT2D eigenvalue weighted by molar-refractivity contribution is 5.48. The molecule has 21 heavy (non-hydrogen) atoms. The zero-order valence-electron chi connectivity index (χ0n) is 13.7. The van der Waals surface area contributed by atoms with Gasteiger partial charge in [0.2, 0.25) is 0 Å². The van der Waals surface area contributed by atoms with Crippen molar-refractivity contribution in [3.05, 3.63) is 42.4 Å². The lowest BCUT2D eigenvalue weighted by molar-refractivity contribution is -0.0389. The van der Waals surface area contributed by atoms with E-state index in [-0.39, 0.29) is 0 Å². The number of fused-ring (bicyclic) bond motifs is 1. The first-order chi connectivity index (χ1) is 9.93. The van der Waals surface area contributed by atoms with E-state index in [0.717, 1.165) is 11.5 Å². The minimum absolute atomic E-state index is 0.372. The van der Waals surface area contributed by atoms with Crippen LogP contribution in [-0.2, 0) is 0 Å². The minimum Gasteiger partial charge on any atom is -0.472 e. The topological polar surface area (TPSA) is 13.1 Å². The Hall–Kier alpha value is -1.24. The molecule has 1 nitrogen and oxygen atoms in total. The lowest BCUT2D eigenvalue weighted by atomic mass is 9.47. The SMILES string of the molecule is C=C1CC[C@@H]2C(C)(C)CCC[C@@]2(C)[C@@H]1/C=C/c1ccoc1. The molecule has 2 aliphatic rings. The summed E-state index contributed by atoms with van der Waals surface area (Å²) < 4.78 is 5.17. The summed E-state index contributed by atoms with van der Waals surface area (Å²) in [6, 6.07) is 2.02. The fraction of sp³-hybridized carbons (Fsp3) is 0.600. The van der Waals surface area contributed by atoms with Gasteiger partial charge in [0.05, 0.1) is 12.5 Å². The van der Waals surface area contributed by atoms with Gasteiger partial charge in [0.1, 0.15) is 0 Å². The predicted octanol–water partition coefficient (Wildman–Crippen LogP) is 6.09. The van der Waals surface area contributed by atoms with Gasteiger partial charge in [-0.05, 0) is 48.5 Å². The molecule has 1 aromatic rings. The summed E-state index contributed by atoms with van der Waals surface area (Å²) in [6.07, 6.45) is 14.7. The molecule has 1 aromatic heterocycles. The van der Waals surface area contributed by atoms with Crippen LogP contribution in [0.5, 0.6) is 0 Å². The van der Waals surface area contributed by atoms with Crippen molar-refractivity contribution in [2.75, 3.05) is 0 Å². The maximum Gasteiger partial charge on any atom is 0.0974 e. The van der Waals surface area contributed by atoms with E-state index in [2.05, 4.69) is 39.5 Å². The predicted molar refractivity (Wildman–Crippen MR) is 88.8 cm³/mol. The fourth-order valence-corrected chi connectivity index (χ4v) is 5.14. The van der Waals surface area contributed by atoms with Crippen LogP contribution in [0.4, 0.5) is 0 Å². The van der Waals surface area contributed by atoms with E-state index in [4.69, 9.17) is 4.42 Å². The molecule has 0 N–H and O–H groups in total. The first-order valence-electron chi connectivity index (χ1n) is 8.31. The first-order valence-corrected chi connectivity index (χ1v) is 8.31. The van der Waals surface area contributed by atoms with Crippen molar-refractivity contribution in [2.45, 2.75) is 52.9 Å². The molecule has 2 aliphatic carbocycles. The molecule has 2 saturated carbocycles. The number of allylic oxidation sites excluding steroid dienone is 2. The second kappa shape index (κ2) is 5.19. The summed E-state index contributed by atoms with van der Waals surface area (Å²) in [5, 5.41) is 0. The van der Waals surface area contributed by atoms with E-state index in [0.29, 0.717) is 16.7 Å². The number of rotatable bonds is 2. The molecular weight excluding hydrogens is 256 g/mol. The Kier molecular flexibility index (Phi) is 3.63. The second-order valence-electron chi connectivity index (χ2n) is 7.99. The number of hydrogen-bond acceptors (Lipinski definition) is 1. The minimum atomic E-state index is 0.372. The van der Waals surface area contributed by atoms with Crippen LogP contribution in [0.25, 0.3) is 6.08 Å². The lowest BCUT2D eigenvalue weighted by Gasteiger charge is -2.57. The van der Waals surface area contributed by atoms with Gasteiger partial charge in [-0.25, -0.2) is 0 Å². The van der Waals surface area contributed by atoms with E-state index >= 15 is 0 Å². The Balaban J connectivity index is 1.91. The highest BCUT2D eigenvalue weighted by Gasteiger charge is 2.52. The van der Waals surface area contributed by atoms with Crippen LogP contribution >= 0.6 is 0 Å². The van der Waals surface area contributed by atoms with Crippen molar-refractivity contribution in [2.24, 2.45) is 22.7 Å². The molecule has 1 heteroatoms. The normalized spacial score (nSPS) is 35.9. The molecule has 0 radical (unpaired) electrons. The van der Waals surface area contributed by atoms with Crippen LogP contribution in [0.1, 0.15) is 58.4 Å². The zero-order valence-corrected chi connectivity index (χ0v) is 13.7. The molecule has 0 aliphatic heterocycles. The third-order valence-corrected chi connectivity index (χ3v) is 6.20. The lowest BCUT2D eigenvalue weighted by Crippen LogP contribution is -2.48. The third-order valence-electron chi connectivity index (χ3n) is 6.20. The van der Waals surface area contributed by atoms with Crippen LogP contribution in [0.2, 0.25) is 0 Å². The molecule has 1 heterocycles. The van der Waals surface area contributed by atoms with Crippen LogP contribution in [-0.4, -0.2) is 0 Å². The Morgan fingerprint density at radius 1 is 1.29 bits per heavy atom. The average molecular weight is 284 g/mol. The Bertz CT molecular complexity index is 534. The van der Waals surface area contributed by atoms with Crippen molar-refractivity contribution in [3.63, 3.8) is 0 Å². The molecule has 3 rings (SSSR count). The monoisotopic (exact) mass is 284 g/mol. The van der Waals surface area contributed by atoms with E-state index in [1.807, 2.05) is 12.3 Å². The molecule has 0 unspecified atom stereocenters. The molecule has 3 atom stereocenters. The second-order valence-corrected chi connectivity index (χ2v) is 7.99. The summed E-state index contributed by atoms with van der Waals surface area (Å²) in [5.74, 6) is 1.31. The summed E-state index contributed by atoms with van der Waals surface area (Å²) >= 11 is 0. The van der Waals surface area contributed by atoms with Gasteiger partial charge in [0, 0.05) is 11.5 Å². The molecule has 0 aromatic carbocycles. The van der Waals surface area contributed by atoms with E-state index in [1.54, 1.807) is 6.26 Å². The summed E-state index contributed by atoms with van der Waals surface area (Å²) in [7, 11) is 0. The third kappa shape index (κ3) is 2.52. The Labute approximate surface area is 129 Å². The van der Waals surface area contributed by atoms with E-state index in [1.165, 1.54) is 37.7 Å². The Morgan fingerprint density at radius 2 is 2.10 bits per heavy atom. The molecule has 0 saturated heterocycles. The van der Waals surface area contributed by atoms with Gasteiger partial charge in [-0.15, -0.1) is 0 Å². The van der Waals surface area contributed by atoms with Crippen LogP contribution in [0, 0.1) is 22.7 Å². The van der Waals surface area contributed by atoms with Gasteiger partial charge in [-0.2, -0.15) is 0 Å². The highest BCUT2D eigenvalue weighted by atomic mass is 16.3. The van der Waals surface area contributed by atoms with Gasteiger partial charge in [-0.1, -0.05) is 51.5 Å². The van der Waals surface area contributed by atoms with Crippen LogP contribution < -0.4 is 0 Å². The first kappa shape index (κ1) is 14.7. The highest BCUT2D eigenvalue weighted by Crippen LogP contribution is 2.61. The van der Waals surface area contributed by atoms with Crippen molar-refractivity contribution < 1.29 is 4.42 Å². The maximum atomic E-state index is 5.17. The van der Waals surface area contributed by atoms with Gasteiger partial charge in [-0.3, -0.25) is 0 Å². The van der Waals surface area contributed by atoms with E-state index in [9.17, 15) is 0 Å². The largest absolute Gasteiger partial charge is 0.472 e. The molecule has 0 amide bonds. The number of furan rings is 1. The van der Waals surface area contributed by atoms with Gasteiger partial charge in [0.15, 0.2) is 0 Å². The maximum absolute atomic E-state index is 5.17. The molecular formula is C20H28O. The van der Waals surface area contributed by atoms with Gasteiger partial charge in [0.25, 0.3) is 0 Å². The average Bonchev–Trinajstić information content (AvgIpc) is 2.90. The molecule has 114 valence electrons. The zero-order chi connectivity index (χ0) is 15.1. The molecule has 0 bridgehead atoms. The van der Waals surface area contributed by atoms with Crippen molar-refractivity contribution in [3.8, 4) is 0 Å². The van der Waals surface area contributed by atoms with E-state index < -0.39 is 0 Å². The molecule has 2 fully saturated rings. The quantitative estimate of drug-likeness (QED) is 0.599. The standard InChI is InChI=1S/C20H28O/c1-15-6-9-18-19(2,3)11-5-12-20(18,4)17(15)8-7-16-10-13-21-14-16/h7-8,10,13-14,17-18H,1,5-6,9,11-12H2,2-4H3/b8-7+/t17-,18-,20+/m1/s1. The van der Waals surface area contributed by atoms with Gasteiger partial charge >= 0.3 is 0 Å². The van der Waals surface area contributed by atoms with Crippen molar-refractivity contribution >= 4 is 6.08 Å². The smallest absolute Gasteiger partial charge is 0.0974 e. The summed E-state index contributed by atoms with van der Waals surface area (Å²) in [6.45, 7) is 11.9.